The zero-order chi connectivity index (χ0) is 22.5. The number of aliphatic hydroxyl groups is 1. The quantitative estimate of drug-likeness (QED) is 0.496. The normalized spacial score (nSPS) is 12.8. The molecule has 0 aliphatic heterocycles. The van der Waals surface area contributed by atoms with E-state index in [0.29, 0.717) is 0 Å². The first-order chi connectivity index (χ1) is 13.8. The number of alkyl halides is 6. The van der Waals surface area contributed by atoms with Gasteiger partial charge in [0.15, 0.2) is 0 Å². The molecule has 2 amide bonds. The molecule has 3 N–H and O–H groups in total. The molecule has 0 aliphatic carbocycles. The molecule has 0 spiro atoms. The van der Waals surface area contributed by atoms with Crippen molar-refractivity contribution >= 4 is 17.5 Å². The summed E-state index contributed by atoms with van der Waals surface area (Å²) in [6.07, 6.45) is -10.8. The molecule has 6 nitrogen and oxygen atoms in total. The molecule has 2 aromatic rings. The molecule has 162 valence electrons. The van der Waals surface area contributed by atoms with Gasteiger partial charge in [-0.1, -0.05) is 12.1 Å². The van der Waals surface area contributed by atoms with E-state index in [2.05, 4.69) is 15.4 Å². The number of nitrogens with one attached hydrogen (secondary N) is 2. The van der Waals surface area contributed by atoms with Crippen molar-refractivity contribution in [1.29, 1.82) is 0 Å². The lowest BCUT2D eigenvalue weighted by Gasteiger charge is -2.14. The minimum Gasteiger partial charge on any atom is -0.406 e. The second-order valence-electron chi connectivity index (χ2n) is 5.87. The summed E-state index contributed by atoms with van der Waals surface area (Å²) in [4.78, 5) is 23.6. The Labute approximate surface area is 165 Å². The summed E-state index contributed by atoms with van der Waals surface area (Å²) in [7, 11) is 0. The number of carbonyl (C=O) groups is 2. The fraction of sp³-hybridized carbons (Fsp3) is 0.222. The smallest absolute Gasteiger partial charge is 0.406 e. The van der Waals surface area contributed by atoms with Gasteiger partial charge in [-0.25, -0.2) is 0 Å². The first kappa shape index (κ1) is 23.0. The van der Waals surface area contributed by atoms with Crippen molar-refractivity contribution in [2.45, 2.75) is 18.6 Å². The minimum absolute atomic E-state index is 0.00737. The van der Waals surface area contributed by atoms with Gasteiger partial charge in [0.25, 0.3) is 0 Å². The summed E-state index contributed by atoms with van der Waals surface area (Å²) in [5.74, 6) is -2.86. The number of benzene rings is 2. The maximum Gasteiger partial charge on any atom is 0.573 e. The Hall–Kier alpha value is -3.28. The third kappa shape index (κ3) is 6.95. The maximum absolute atomic E-state index is 12.5. The van der Waals surface area contributed by atoms with Crippen LogP contribution < -0.4 is 15.4 Å². The van der Waals surface area contributed by atoms with Crippen LogP contribution in [0.25, 0.3) is 0 Å². The molecule has 0 radical (unpaired) electrons. The number of aliphatic hydroxyl groups excluding tert-OH is 1. The van der Waals surface area contributed by atoms with Crippen LogP contribution in [0.1, 0.15) is 17.2 Å². The highest BCUT2D eigenvalue weighted by molar-refractivity contribution is 6.39. The lowest BCUT2D eigenvalue weighted by Crippen LogP contribution is -2.37. The van der Waals surface area contributed by atoms with E-state index in [-0.39, 0.29) is 11.3 Å². The van der Waals surface area contributed by atoms with Crippen molar-refractivity contribution in [1.82, 2.24) is 5.32 Å². The molecule has 0 aromatic heterocycles. The predicted octanol–water partition coefficient (Wildman–Crippen LogP) is 3.39. The standard InChI is InChI=1S/C18H14F6N2O4/c19-17(20,21)11-3-1-10(2-4-11)14(27)9-25-15(28)16(29)26-12-5-7-13(8-6-12)30-18(22,23)24/h1-8,14,27H,9H2,(H,25,28)(H,26,29)/t14-/m0/s1. The largest absolute Gasteiger partial charge is 0.573 e. The van der Waals surface area contributed by atoms with E-state index < -0.39 is 48.3 Å². The Kier molecular flexibility index (Phi) is 6.92. The number of rotatable bonds is 5. The van der Waals surface area contributed by atoms with Gasteiger partial charge in [-0.05, 0) is 42.0 Å². The Morgan fingerprint density at radius 2 is 1.47 bits per heavy atom. The molecule has 2 rings (SSSR count). The van der Waals surface area contributed by atoms with Crippen molar-refractivity contribution < 1.29 is 45.8 Å². The molecule has 0 heterocycles. The van der Waals surface area contributed by atoms with E-state index in [9.17, 15) is 41.0 Å². The average molecular weight is 436 g/mol. The molecule has 0 fully saturated rings. The molecular formula is C18H14F6N2O4. The summed E-state index contributed by atoms with van der Waals surface area (Å²) < 4.78 is 77.5. The van der Waals surface area contributed by atoms with Crippen molar-refractivity contribution in [3.05, 3.63) is 59.7 Å². The number of ether oxygens (including phenoxy) is 1. The molecule has 0 saturated carbocycles. The number of carbonyl (C=O) groups excluding carboxylic acids is 2. The van der Waals surface area contributed by atoms with Crippen molar-refractivity contribution in [3.63, 3.8) is 0 Å². The number of halogens is 6. The highest BCUT2D eigenvalue weighted by atomic mass is 19.4. The Balaban J connectivity index is 1.86. The van der Waals surface area contributed by atoms with Gasteiger partial charge in [0.2, 0.25) is 0 Å². The van der Waals surface area contributed by atoms with Gasteiger partial charge in [-0.2, -0.15) is 13.2 Å². The summed E-state index contributed by atoms with van der Waals surface area (Å²) in [5.41, 5.74) is -0.814. The molecule has 0 bridgehead atoms. The van der Waals surface area contributed by atoms with Crippen LogP contribution in [0.2, 0.25) is 0 Å². The van der Waals surface area contributed by atoms with E-state index in [4.69, 9.17) is 0 Å². The zero-order valence-electron chi connectivity index (χ0n) is 14.8. The summed E-state index contributed by atoms with van der Waals surface area (Å²) in [5, 5.41) is 14.1. The second-order valence-corrected chi connectivity index (χ2v) is 5.87. The van der Waals surface area contributed by atoms with Gasteiger partial charge in [0.1, 0.15) is 5.75 Å². The highest BCUT2D eigenvalue weighted by Crippen LogP contribution is 2.30. The number of amides is 2. The summed E-state index contributed by atoms with van der Waals surface area (Å²) >= 11 is 0. The van der Waals surface area contributed by atoms with E-state index in [1.54, 1.807) is 0 Å². The van der Waals surface area contributed by atoms with Crippen LogP contribution in [0.15, 0.2) is 48.5 Å². The van der Waals surface area contributed by atoms with Gasteiger partial charge in [0, 0.05) is 12.2 Å². The van der Waals surface area contributed by atoms with Crippen LogP contribution in [0.4, 0.5) is 32.0 Å². The van der Waals surface area contributed by atoms with Gasteiger partial charge in [-0.15, -0.1) is 13.2 Å². The molecular weight excluding hydrogens is 422 g/mol. The van der Waals surface area contributed by atoms with Crippen molar-refractivity contribution in [2.75, 3.05) is 11.9 Å². The van der Waals surface area contributed by atoms with Crippen LogP contribution in [0, 0.1) is 0 Å². The molecule has 0 unspecified atom stereocenters. The third-order valence-electron chi connectivity index (χ3n) is 3.63. The molecule has 2 aromatic carbocycles. The Morgan fingerprint density at radius 1 is 0.900 bits per heavy atom. The van der Waals surface area contributed by atoms with Crippen LogP contribution in [-0.2, 0) is 15.8 Å². The van der Waals surface area contributed by atoms with Gasteiger partial charge in [0.05, 0.1) is 11.7 Å². The Morgan fingerprint density at radius 3 is 1.97 bits per heavy atom. The predicted molar refractivity (Wildman–Crippen MR) is 91.2 cm³/mol. The molecule has 0 saturated heterocycles. The fourth-order valence-corrected chi connectivity index (χ4v) is 2.21. The lowest BCUT2D eigenvalue weighted by molar-refractivity contribution is -0.274. The number of hydrogen-bond acceptors (Lipinski definition) is 4. The van der Waals surface area contributed by atoms with Gasteiger partial charge in [-0.3, -0.25) is 9.59 Å². The molecule has 0 aliphatic rings. The van der Waals surface area contributed by atoms with Crippen molar-refractivity contribution in [3.8, 4) is 5.75 Å². The zero-order valence-corrected chi connectivity index (χ0v) is 14.8. The monoisotopic (exact) mass is 436 g/mol. The number of hydrogen-bond donors (Lipinski definition) is 3. The van der Waals surface area contributed by atoms with E-state index in [1.807, 2.05) is 0 Å². The average Bonchev–Trinajstić information content (AvgIpc) is 2.65. The summed E-state index contributed by atoms with van der Waals surface area (Å²) in [6, 6.07) is 7.59. The first-order valence-corrected chi connectivity index (χ1v) is 8.15. The SMILES string of the molecule is O=C(NC[C@H](O)c1ccc(C(F)(F)F)cc1)C(=O)Nc1ccc(OC(F)(F)F)cc1. The molecule has 30 heavy (non-hydrogen) atoms. The van der Waals surface area contributed by atoms with Gasteiger partial charge < -0.3 is 20.5 Å². The van der Waals surface area contributed by atoms with E-state index in [0.717, 1.165) is 48.5 Å². The van der Waals surface area contributed by atoms with Crippen LogP contribution in [0.5, 0.6) is 5.75 Å². The summed E-state index contributed by atoms with van der Waals surface area (Å²) in [6.45, 7) is -0.462. The van der Waals surface area contributed by atoms with Gasteiger partial charge >= 0.3 is 24.4 Å². The highest BCUT2D eigenvalue weighted by Gasteiger charge is 2.31. The maximum atomic E-state index is 12.5. The molecule has 12 heteroatoms. The van der Waals surface area contributed by atoms with Crippen molar-refractivity contribution in [2.24, 2.45) is 0 Å². The topological polar surface area (TPSA) is 87.7 Å². The van der Waals surface area contributed by atoms with Crippen LogP contribution in [0.3, 0.4) is 0 Å². The Bertz CT molecular complexity index is 880. The van der Waals surface area contributed by atoms with Crippen LogP contribution >= 0.6 is 0 Å². The van der Waals surface area contributed by atoms with Crippen LogP contribution in [-0.4, -0.2) is 29.8 Å². The first-order valence-electron chi connectivity index (χ1n) is 8.15. The molecule has 1 atom stereocenters. The fourth-order valence-electron chi connectivity index (χ4n) is 2.21. The number of anilines is 1. The van der Waals surface area contributed by atoms with E-state index in [1.165, 1.54) is 0 Å². The minimum atomic E-state index is -4.88. The van der Waals surface area contributed by atoms with E-state index >= 15 is 0 Å². The second kappa shape index (κ2) is 9.03. The third-order valence-corrected chi connectivity index (χ3v) is 3.63. The lowest BCUT2D eigenvalue weighted by atomic mass is 10.1.